The van der Waals surface area contributed by atoms with Crippen molar-refractivity contribution in [2.75, 3.05) is 23.4 Å². The van der Waals surface area contributed by atoms with Crippen LogP contribution in [0.15, 0.2) is 30.3 Å². The van der Waals surface area contributed by atoms with E-state index in [9.17, 15) is 17.6 Å². The molecule has 1 aliphatic rings. The smallest absolute Gasteiger partial charge is 0.270 e. The number of hydrogen-bond donors (Lipinski definition) is 2. The minimum Gasteiger partial charge on any atom is -0.354 e. The Morgan fingerprint density at radius 2 is 2.00 bits per heavy atom. The molecule has 3 rings (SSSR count). The number of aryl methyl sites for hydroxylation is 1. The Hall–Kier alpha value is -2.55. The van der Waals surface area contributed by atoms with Gasteiger partial charge < -0.3 is 10.6 Å². The predicted octanol–water partition coefficient (Wildman–Crippen LogP) is 1.50. The monoisotopic (exact) mass is 392 g/mol. The molecule has 1 fully saturated rings. The Balaban J connectivity index is 1.60. The van der Waals surface area contributed by atoms with Crippen LogP contribution in [0.3, 0.4) is 0 Å². The molecule has 1 aromatic heterocycles. The molecule has 0 aliphatic carbocycles. The van der Waals surface area contributed by atoms with Crippen LogP contribution in [-0.2, 0) is 16.3 Å². The number of nitrogens with zero attached hydrogens (tertiary/aromatic N) is 2. The Bertz CT molecular complexity index is 932. The Kier molecular flexibility index (Phi) is 5.69. The number of hydrogen-bond acceptors (Lipinski definition) is 6. The van der Waals surface area contributed by atoms with Gasteiger partial charge in [0.2, 0.25) is 5.95 Å². The van der Waals surface area contributed by atoms with E-state index in [0.29, 0.717) is 31.0 Å². The van der Waals surface area contributed by atoms with Gasteiger partial charge in [-0.15, -0.1) is 0 Å². The highest BCUT2D eigenvalue weighted by Gasteiger charge is 2.29. The summed E-state index contributed by atoms with van der Waals surface area (Å²) >= 11 is 0. The van der Waals surface area contributed by atoms with E-state index in [1.165, 1.54) is 12.1 Å². The van der Waals surface area contributed by atoms with Crippen LogP contribution in [0.1, 0.15) is 28.2 Å². The number of benzene rings is 1. The maximum Gasteiger partial charge on any atom is 0.270 e. The zero-order valence-corrected chi connectivity index (χ0v) is 15.7. The van der Waals surface area contributed by atoms with E-state index < -0.39 is 15.7 Å². The average molecular weight is 392 g/mol. The molecule has 2 aromatic rings. The van der Waals surface area contributed by atoms with Crippen molar-refractivity contribution in [3.63, 3.8) is 0 Å². The molecule has 1 atom stereocenters. The molecule has 9 heteroatoms. The van der Waals surface area contributed by atoms with Gasteiger partial charge in [0.15, 0.2) is 9.84 Å². The van der Waals surface area contributed by atoms with Gasteiger partial charge in [-0.2, -0.15) is 0 Å². The number of carbonyl (C=O) groups is 1. The van der Waals surface area contributed by atoms with E-state index in [2.05, 4.69) is 20.6 Å². The maximum absolute atomic E-state index is 12.9. The van der Waals surface area contributed by atoms with Crippen LogP contribution in [0.25, 0.3) is 0 Å². The van der Waals surface area contributed by atoms with Crippen molar-refractivity contribution in [2.45, 2.75) is 25.8 Å². The number of nitrogens with one attached hydrogen (secondary N) is 2. The number of amides is 1. The highest BCUT2D eigenvalue weighted by Crippen LogP contribution is 2.13. The third-order valence-corrected chi connectivity index (χ3v) is 6.03. The third kappa shape index (κ3) is 5.46. The van der Waals surface area contributed by atoms with Gasteiger partial charge in [0.1, 0.15) is 11.5 Å². The summed E-state index contributed by atoms with van der Waals surface area (Å²) in [5, 5.41) is 5.78. The van der Waals surface area contributed by atoms with Gasteiger partial charge in [-0.3, -0.25) is 4.79 Å². The first kappa shape index (κ1) is 19.2. The van der Waals surface area contributed by atoms with Gasteiger partial charge >= 0.3 is 0 Å². The molecular weight excluding hydrogens is 371 g/mol. The average Bonchev–Trinajstić information content (AvgIpc) is 2.94. The molecule has 1 saturated heterocycles. The second-order valence-electron chi connectivity index (χ2n) is 6.59. The van der Waals surface area contributed by atoms with Crippen molar-refractivity contribution in [2.24, 2.45) is 0 Å². The molecule has 1 amide bonds. The van der Waals surface area contributed by atoms with Crippen LogP contribution in [0.5, 0.6) is 0 Å². The van der Waals surface area contributed by atoms with Crippen LogP contribution in [0.2, 0.25) is 0 Å². The van der Waals surface area contributed by atoms with E-state index in [1.54, 1.807) is 25.1 Å². The largest absolute Gasteiger partial charge is 0.354 e. The number of halogens is 1. The van der Waals surface area contributed by atoms with Gasteiger partial charge in [-0.05, 0) is 43.5 Å². The number of rotatable bonds is 6. The minimum atomic E-state index is -3.06. The van der Waals surface area contributed by atoms with Crippen LogP contribution >= 0.6 is 0 Å². The fourth-order valence-corrected chi connectivity index (χ4v) is 4.58. The lowest BCUT2D eigenvalue weighted by Crippen LogP contribution is -2.36. The molecular formula is C18H21FN4O3S. The van der Waals surface area contributed by atoms with Crippen LogP contribution in [0.4, 0.5) is 10.3 Å². The van der Waals surface area contributed by atoms with Crippen LogP contribution in [-0.4, -0.2) is 48.4 Å². The summed E-state index contributed by atoms with van der Waals surface area (Å²) in [6, 6.07) is 7.41. The highest BCUT2D eigenvalue weighted by atomic mass is 32.2. The van der Waals surface area contributed by atoms with E-state index in [4.69, 9.17) is 0 Å². The third-order valence-electron chi connectivity index (χ3n) is 4.26. The zero-order valence-electron chi connectivity index (χ0n) is 14.9. The molecule has 2 N–H and O–H groups in total. The molecule has 1 aromatic carbocycles. The summed E-state index contributed by atoms with van der Waals surface area (Å²) < 4.78 is 35.9. The summed E-state index contributed by atoms with van der Waals surface area (Å²) in [5.41, 5.74) is 1.78. The van der Waals surface area contributed by atoms with Crippen molar-refractivity contribution in [3.8, 4) is 0 Å². The van der Waals surface area contributed by atoms with E-state index in [0.717, 1.165) is 5.56 Å². The number of aromatic nitrogens is 2. The maximum atomic E-state index is 12.9. The fourth-order valence-electron chi connectivity index (χ4n) is 2.90. The van der Waals surface area contributed by atoms with Crippen molar-refractivity contribution < 1.29 is 17.6 Å². The number of carbonyl (C=O) groups excluding carboxylic acids is 1. The molecule has 27 heavy (non-hydrogen) atoms. The second-order valence-corrected chi connectivity index (χ2v) is 8.82. The highest BCUT2D eigenvalue weighted by molar-refractivity contribution is 7.91. The quantitative estimate of drug-likeness (QED) is 0.773. The van der Waals surface area contributed by atoms with Crippen molar-refractivity contribution >= 4 is 21.7 Å². The van der Waals surface area contributed by atoms with Gasteiger partial charge in [-0.1, -0.05) is 12.1 Å². The SMILES string of the molecule is Cc1cc(C(=O)NC2CCS(=O)(=O)C2)nc(NCCc2ccc(F)cc2)n1. The van der Waals surface area contributed by atoms with Gasteiger partial charge in [-0.25, -0.2) is 22.8 Å². The van der Waals surface area contributed by atoms with Crippen molar-refractivity contribution in [3.05, 3.63) is 53.1 Å². The Morgan fingerprint density at radius 3 is 2.67 bits per heavy atom. The first-order valence-corrected chi connectivity index (χ1v) is 10.5. The summed E-state index contributed by atoms with van der Waals surface area (Å²) in [7, 11) is -3.06. The fraction of sp³-hybridized carbons (Fsp3) is 0.389. The zero-order chi connectivity index (χ0) is 19.4. The topological polar surface area (TPSA) is 101 Å². The lowest BCUT2D eigenvalue weighted by Gasteiger charge is -2.12. The Morgan fingerprint density at radius 1 is 1.26 bits per heavy atom. The molecule has 7 nitrogen and oxygen atoms in total. The lowest BCUT2D eigenvalue weighted by atomic mass is 10.1. The number of sulfone groups is 1. The minimum absolute atomic E-state index is 0.0361. The van der Waals surface area contributed by atoms with Crippen molar-refractivity contribution in [1.82, 2.24) is 15.3 Å². The van der Waals surface area contributed by atoms with Crippen LogP contribution < -0.4 is 10.6 Å². The number of anilines is 1. The van der Waals surface area contributed by atoms with Crippen molar-refractivity contribution in [1.29, 1.82) is 0 Å². The van der Waals surface area contributed by atoms with Gasteiger partial charge in [0.05, 0.1) is 11.5 Å². The first-order valence-electron chi connectivity index (χ1n) is 8.66. The second kappa shape index (κ2) is 7.99. The normalized spacial score (nSPS) is 18.2. The molecule has 0 saturated carbocycles. The van der Waals surface area contributed by atoms with Gasteiger partial charge in [0.25, 0.3) is 5.91 Å². The molecule has 0 radical (unpaired) electrons. The van der Waals surface area contributed by atoms with Gasteiger partial charge in [0, 0.05) is 18.3 Å². The predicted molar refractivity (Wildman–Crippen MR) is 99.9 cm³/mol. The molecule has 0 bridgehead atoms. The molecule has 0 spiro atoms. The molecule has 2 heterocycles. The van der Waals surface area contributed by atoms with E-state index in [1.807, 2.05) is 0 Å². The van der Waals surface area contributed by atoms with E-state index in [-0.39, 0.29) is 29.1 Å². The molecule has 144 valence electrons. The summed E-state index contributed by atoms with van der Waals surface area (Å²) in [5.74, 6) is -0.312. The summed E-state index contributed by atoms with van der Waals surface area (Å²) in [4.78, 5) is 20.9. The summed E-state index contributed by atoms with van der Waals surface area (Å²) in [6.45, 7) is 2.28. The first-order chi connectivity index (χ1) is 12.8. The van der Waals surface area contributed by atoms with Crippen LogP contribution in [0, 0.1) is 12.7 Å². The summed E-state index contributed by atoms with van der Waals surface area (Å²) in [6.07, 6.45) is 1.07. The molecule has 1 unspecified atom stereocenters. The standard InChI is InChI=1S/C18H21FN4O3S/c1-12-10-16(17(24)22-15-7-9-27(25,26)11-15)23-18(21-12)20-8-6-13-2-4-14(19)5-3-13/h2-5,10,15H,6-9,11H2,1H3,(H,22,24)(H,20,21,23). The van der Waals surface area contributed by atoms with E-state index >= 15 is 0 Å². The Labute approximate surface area is 157 Å². The molecule has 1 aliphatic heterocycles. The lowest BCUT2D eigenvalue weighted by molar-refractivity contribution is 0.0936.